The van der Waals surface area contributed by atoms with Crippen molar-refractivity contribution in [2.75, 3.05) is 13.7 Å². The number of benzene rings is 1. The van der Waals surface area contributed by atoms with E-state index in [1.54, 1.807) is 24.3 Å². The molecule has 2 rings (SSSR count). The normalized spacial score (nSPS) is 28.1. The molecule has 0 unspecified atom stereocenters. The minimum absolute atomic E-state index is 0.281. The fourth-order valence-corrected chi connectivity index (χ4v) is 4.08. The number of sulfone groups is 1. The number of hydrogen-bond acceptors (Lipinski definition) is 4. The van der Waals surface area contributed by atoms with Gasteiger partial charge in [0.1, 0.15) is 0 Å². The monoisotopic (exact) mass is 255 g/mol. The zero-order valence-electron chi connectivity index (χ0n) is 10.0. The van der Waals surface area contributed by atoms with Crippen LogP contribution in [-0.4, -0.2) is 32.9 Å². The maximum Gasteiger partial charge on any atom is 0.183 e. The molecule has 1 saturated carbocycles. The van der Waals surface area contributed by atoms with Crippen molar-refractivity contribution >= 4 is 9.84 Å². The third-order valence-corrected chi connectivity index (χ3v) is 5.50. The Kier molecular flexibility index (Phi) is 3.01. The van der Waals surface area contributed by atoms with E-state index in [0.717, 1.165) is 5.56 Å². The van der Waals surface area contributed by atoms with Gasteiger partial charge in [-0.3, -0.25) is 0 Å². The Morgan fingerprint density at radius 2 is 2.00 bits per heavy atom. The second kappa shape index (κ2) is 4.08. The number of rotatable bonds is 4. The standard InChI is InChI=1S/C12H17NO3S/c1-9-3-5-10(6-4-9)17(14,15)11-7-12(11,13)8-16-2/h3-6,11H,7-8,13H2,1-2H3/t11-,12-/m0/s1. The van der Waals surface area contributed by atoms with Gasteiger partial charge in [0.25, 0.3) is 0 Å². The van der Waals surface area contributed by atoms with E-state index in [0.29, 0.717) is 11.3 Å². The molecular weight excluding hydrogens is 238 g/mol. The van der Waals surface area contributed by atoms with E-state index in [-0.39, 0.29) is 6.61 Å². The molecule has 0 heterocycles. The molecule has 0 radical (unpaired) electrons. The first-order valence-electron chi connectivity index (χ1n) is 5.48. The minimum Gasteiger partial charge on any atom is -0.383 e. The van der Waals surface area contributed by atoms with E-state index in [2.05, 4.69) is 0 Å². The average Bonchev–Trinajstić information content (AvgIpc) is 2.92. The average molecular weight is 255 g/mol. The summed E-state index contributed by atoms with van der Waals surface area (Å²) in [5.41, 5.74) is 6.28. The Balaban J connectivity index is 2.25. The number of methoxy groups -OCH3 is 1. The third kappa shape index (κ3) is 2.22. The maximum atomic E-state index is 12.3. The first-order chi connectivity index (χ1) is 7.90. The van der Waals surface area contributed by atoms with Gasteiger partial charge in [-0.15, -0.1) is 0 Å². The van der Waals surface area contributed by atoms with Crippen molar-refractivity contribution in [2.45, 2.75) is 29.0 Å². The van der Waals surface area contributed by atoms with Crippen LogP contribution in [0.4, 0.5) is 0 Å². The topological polar surface area (TPSA) is 69.4 Å². The summed E-state index contributed by atoms with van der Waals surface area (Å²) in [4.78, 5) is 0.344. The largest absolute Gasteiger partial charge is 0.383 e. The predicted octanol–water partition coefficient (Wildman–Crippen LogP) is 0.885. The van der Waals surface area contributed by atoms with Gasteiger partial charge in [0.05, 0.1) is 22.3 Å². The molecule has 2 N–H and O–H groups in total. The molecule has 17 heavy (non-hydrogen) atoms. The number of ether oxygens (including phenoxy) is 1. The fourth-order valence-electron chi connectivity index (χ4n) is 2.02. The zero-order chi connectivity index (χ0) is 12.7. The predicted molar refractivity (Wildman–Crippen MR) is 65.6 cm³/mol. The third-order valence-electron chi connectivity index (χ3n) is 3.18. The van der Waals surface area contributed by atoms with Crippen LogP contribution < -0.4 is 5.73 Å². The highest BCUT2D eigenvalue weighted by Crippen LogP contribution is 2.42. The van der Waals surface area contributed by atoms with Crippen molar-refractivity contribution in [3.8, 4) is 0 Å². The molecule has 1 aliphatic carbocycles. The minimum atomic E-state index is -3.32. The van der Waals surface area contributed by atoms with E-state index in [9.17, 15) is 8.42 Å². The lowest BCUT2D eigenvalue weighted by molar-refractivity contribution is 0.173. The summed E-state index contributed by atoms with van der Waals surface area (Å²) in [6.45, 7) is 2.20. The van der Waals surface area contributed by atoms with Gasteiger partial charge in [-0.2, -0.15) is 0 Å². The molecule has 0 saturated heterocycles. The quantitative estimate of drug-likeness (QED) is 0.867. The van der Waals surface area contributed by atoms with Gasteiger partial charge in [-0.25, -0.2) is 8.42 Å². The van der Waals surface area contributed by atoms with Gasteiger partial charge in [0.2, 0.25) is 0 Å². The van der Waals surface area contributed by atoms with Gasteiger partial charge in [0, 0.05) is 7.11 Å². The molecule has 0 aliphatic heterocycles. The van der Waals surface area contributed by atoms with Crippen molar-refractivity contribution in [1.29, 1.82) is 0 Å². The maximum absolute atomic E-state index is 12.3. The summed E-state index contributed by atoms with van der Waals surface area (Å²) < 4.78 is 29.5. The summed E-state index contributed by atoms with van der Waals surface area (Å²) >= 11 is 0. The van der Waals surface area contributed by atoms with Gasteiger partial charge >= 0.3 is 0 Å². The second-order valence-corrected chi connectivity index (χ2v) is 6.85. The molecule has 1 aromatic rings. The summed E-state index contributed by atoms with van der Waals surface area (Å²) in [6, 6.07) is 6.86. The van der Waals surface area contributed by atoms with Gasteiger partial charge < -0.3 is 10.5 Å². The van der Waals surface area contributed by atoms with Crippen LogP contribution in [0.3, 0.4) is 0 Å². The van der Waals surface area contributed by atoms with Crippen molar-refractivity contribution in [2.24, 2.45) is 5.73 Å². The van der Waals surface area contributed by atoms with Crippen molar-refractivity contribution in [1.82, 2.24) is 0 Å². The number of aryl methyl sites for hydroxylation is 1. The molecule has 0 spiro atoms. The Labute approximate surface area is 102 Å². The Hall–Kier alpha value is -0.910. The molecule has 1 fully saturated rings. The Bertz CT molecular complexity index is 509. The lowest BCUT2D eigenvalue weighted by Crippen LogP contribution is -2.35. The molecule has 0 aromatic heterocycles. The number of nitrogens with two attached hydrogens (primary N) is 1. The molecule has 0 amide bonds. The molecule has 1 aliphatic rings. The van der Waals surface area contributed by atoms with E-state index in [1.165, 1.54) is 7.11 Å². The lowest BCUT2D eigenvalue weighted by atomic mass is 10.2. The second-order valence-electron chi connectivity index (χ2n) is 4.72. The fraction of sp³-hybridized carbons (Fsp3) is 0.500. The first kappa shape index (κ1) is 12.5. The van der Waals surface area contributed by atoms with Crippen LogP contribution in [0.5, 0.6) is 0 Å². The van der Waals surface area contributed by atoms with E-state index >= 15 is 0 Å². The van der Waals surface area contributed by atoms with Crippen LogP contribution >= 0.6 is 0 Å². The summed E-state index contributed by atoms with van der Waals surface area (Å²) in [5.74, 6) is 0. The van der Waals surface area contributed by atoms with Gasteiger partial charge in [-0.1, -0.05) is 17.7 Å². The summed E-state index contributed by atoms with van der Waals surface area (Å²) in [5, 5.41) is -0.516. The van der Waals surface area contributed by atoms with Crippen molar-refractivity contribution in [3.63, 3.8) is 0 Å². The van der Waals surface area contributed by atoms with Crippen LogP contribution in [0.2, 0.25) is 0 Å². The SMILES string of the molecule is COC[C@@]1(N)C[C@@H]1S(=O)(=O)c1ccc(C)cc1. The zero-order valence-corrected chi connectivity index (χ0v) is 10.8. The first-order valence-corrected chi connectivity index (χ1v) is 7.03. The molecule has 0 bridgehead atoms. The highest BCUT2D eigenvalue weighted by Gasteiger charge is 2.59. The Morgan fingerprint density at radius 3 is 2.53 bits per heavy atom. The highest BCUT2D eigenvalue weighted by atomic mass is 32.2. The molecule has 5 heteroatoms. The van der Waals surface area contributed by atoms with Crippen molar-refractivity contribution in [3.05, 3.63) is 29.8 Å². The van der Waals surface area contributed by atoms with E-state index in [4.69, 9.17) is 10.5 Å². The van der Waals surface area contributed by atoms with Gasteiger partial charge in [-0.05, 0) is 25.5 Å². The van der Waals surface area contributed by atoms with Gasteiger partial charge in [0.15, 0.2) is 9.84 Å². The van der Waals surface area contributed by atoms with Crippen molar-refractivity contribution < 1.29 is 13.2 Å². The van der Waals surface area contributed by atoms with E-state index in [1.807, 2.05) is 6.92 Å². The van der Waals surface area contributed by atoms with Crippen LogP contribution in [-0.2, 0) is 14.6 Å². The summed E-state index contributed by atoms with van der Waals surface area (Å²) in [7, 11) is -1.79. The Morgan fingerprint density at radius 1 is 1.41 bits per heavy atom. The molecule has 4 nitrogen and oxygen atoms in total. The highest BCUT2D eigenvalue weighted by molar-refractivity contribution is 7.92. The smallest absolute Gasteiger partial charge is 0.183 e. The molecule has 94 valence electrons. The van der Waals surface area contributed by atoms with Crippen LogP contribution in [0, 0.1) is 6.92 Å². The summed E-state index contributed by atoms with van der Waals surface area (Å²) in [6.07, 6.45) is 0.469. The molecule has 1 aromatic carbocycles. The van der Waals surface area contributed by atoms with Crippen LogP contribution in [0.15, 0.2) is 29.2 Å². The van der Waals surface area contributed by atoms with Crippen LogP contribution in [0.1, 0.15) is 12.0 Å². The van der Waals surface area contributed by atoms with Crippen LogP contribution in [0.25, 0.3) is 0 Å². The lowest BCUT2D eigenvalue weighted by Gasteiger charge is -2.10. The van der Waals surface area contributed by atoms with E-state index < -0.39 is 20.6 Å². The number of hydrogen-bond donors (Lipinski definition) is 1. The molecular formula is C12H17NO3S. The molecule has 2 atom stereocenters.